The molecule has 4 heteroatoms. The third kappa shape index (κ3) is 1.06. The first-order valence-electron chi connectivity index (χ1n) is 2.11. The summed E-state index contributed by atoms with van der Waals surface area (Å²) in [7, 11) is 1.71. The summed E-state index contributed by atoms with van der Waals surface area (Å²) in [5, 5.41) is 1.74. The first kappa shape index (κ1) is 6.58. The van der Waals surface area contributed by atoms with E-state index in [2.05, 4.69) is 15.9 Å². The van der Waals surface area contributed by atoms with Crippen molar-refractivity contribution in [2.75, 3.05) is 7.05 Å². The van der Waals surface area contributed by atoms with Gasteiger partial charge in [-0.25, -0.2) is 8.70 Å². The van der Waals surface area contributed by atoms with Crippen molar-refractivity contribution in [3.63, 3.8) is 0 Å². The fourth-order valence-corrected chi connectivity index (χ4v) is 1.71. The van der Waals surface area contributed by atoms with Crippen molar-refractivity contribution in [1.29, 1.82) is 0 Å². The van der Waals surface area contributed by atoms with E-state index in [4.69, 9.17) is 0 Å². The molecule has 0 aromatic rings. The molecule has 0 aromatic carbocycles. The van der Waals surface area contributed by atoms with Gasteiger partial charge < -0.3 is 0 Å². The number of alkyl halides is 1. The molecule has 1 aliphatic heterocycles. The molecular weight excluding hydrogens is 193 g/mol. The predicted octanol–water partition coefficient (Wildman–Crippen LogP) is 2.11. The average molecular weight is 198 g/mol. The molecule has 8 heavy (non-hydrogen) atoms. The van der Waals surface area contributed by atoms with Gasteiger partial charge in [0.2, 0.25) is 0 Å². The highest BCUT2D eigenvalue weighted by atomic mass is 79.9. The lowest BCUT2D eigenvalue weighted by atomic mass is 10.6. The van der Waals surface area contributed by atoms with Gasteiger partial charge in [0.15, 0.2) is 6.30 Å². The van der Waals surface area contributed by atoms with Crippen LogP contribution in [0.25, 0.3) is 0 Å². The SMILES string of the molecule is CN1SC=C(Br)C1F. The molecule has 0 spiro atoms. The van der Waals surface area contributed by atoms with E-state index in [9.17, 15) is 4.39 Å². The average Bonchev–Trinajstić information content (AvgIpc) is 1.98. The van der Waals surface area contributed by atoms with E-state index in [1.165, 1.54) is 16.3 Å². The van der Waals surface area contributed by atoms with Crippen molar-refractivity contribution in [2.45, 2.75) is 6.30 Å². The molecule has 1 rings (SSSR count). The van der Waals surface area contributed by atoms with Crippen LogP contribution in [-0.2, 0) is 0 Å². The third-order valence-corrected chi connectivity index (χ3v) is 2.67. The first-order valence-corrected chi connectivity index (χ1v) is 3.74. The van der Waals surface area contributed by atoms with E-state index >= 15 is 0 Å². The molecule has 0 radical (unpaired) electrons. The Kier molecular flexibility index (Phi) is 1.95. The Balaban J connectivity index is 2.59. The Morgan fingerprint density at radius 1 is 2.00 bits per heavy atom. The molecule has 0 aromatic heterocycles. The van der Waals surface area contributed by atoms with E-state index in [1.807, 2.05) is 0 Å². The zero-order chi connectivity index (χ0) is 6.15. The van der Waals surface area contributed by atoms with Gasteiger partial charge in [-0.1, -0.05) is 15.9 Å². The van der Waals surface area contributed by atoms with Gasteiger partial charge in [-0.05, 0) is 11.9 Å². The maximum atomic E-state index is 12.5. The van der Waals surface area contributed by atoms with Crippen molar-refractivity contribution in [3.05, 3.63) is 9.89 Å². The van der Waals surface area contributed by atoms with Crippen molar-refractivity contribution < 1.29 is 4.39 Å². The van der Waals surface area contributed by atoms with E-state index in [0.717, 1.165) is 0 Å². The minimum atomic E-state index is -0.944. The summed E-state index contributed by atoms with van der Waals surface area (Å²) in [6.07, 6.45) is -0.944. The Hall–Kier alpha value is 0.460. The minimum Gasteiger partial charge on any atom is -0.223 e. The molecule has 46 valence electrons. The lowest BCUT2D eigenvalue weighted by Gasteiger charge is -2.08. The van der Waals surface area contributed by atoms with E-state index in [-0.39, 0.29) is 0 Å². The largest absolute Gasteiger partial charge is 0.223 e. The smallest absolute Gasteiger partial charge is 0.195 e. The van der Waals surface area contributed by atoms with Crippen LogP contribution in [0, 0.1) is 0 Å². The Labute approximate surface area is 60.2 Å². The molecule has 0 bridgehead atoms. The molecule has 1 aliphatic rings. The third-order valence-electron chi connectivity index (χ3n) is 0.878. The maximum Gasteiger partial charge on any atom is 0.195 e. The second-order valence-corrected chi connectivity index (χ2v) is 3.43. The van der Waals surface area contributed by atoms with Gasteiger partial charge in [-0.3, -0.25) is 0 Å². The Bertz CT molecular complexity index is 127. The Morgan fingerprint density at radius 3 is 2.75 bits per heavy atom. The van der Waals surface area contributed by atoms with Crippen molar-refractivity contribution in [3.8, 4) is 0 Å². The van der Waals surface area contributed by atoms with Gasteiger partial charge in [0.1, 0.15) is 0 Å². The molecule has 0 amide bonds. The summed E-state index contributed by atoms with van der Waals surface area (Å²) in [6.45, 7) is 0. The normalized spacial score (nSPS) is 30.9. The predicted molar refractivity (Wildman–Crippen MR) is 37.3 cm³/mol. The maximum absolute atomic E-state index is 12.5. The van der Waals surface area contributed by atoms with Crippen molar-refractivity contribution >= 4 is 27.9 Å². The lowest BCUT2D eigenvalue weighted by Crippen LogP contribution is -2.15. The first-order chi connectivity index (χ1) is 3.72. The van der Waals surface area contributed by atoms with Crippen LogP contribution in [0.5, 0.6) is 0 Å². The number of hydrogen-bond donors (Lipinski definition) is 0. The minimum absolute atomic E-state index is 0.616. The van der Waals surface area contributed by atoms with Crippen LogP contribution < -0.4 is 0 Å². The van der Waals surface area contributed by atoms with E-state index in [1.54, 1.807) is 12.5 Å². The lowest BCUT2D eigenvalue weighted by molar-refractivity contribution is 0.264. The molecule has 1 unspecified atom stereocenters. The standard InChI is InChI=1S/C4H5BrFNS/c1-7-4(6)3(5)2-8-7/h2,4H,1H3. The number of hydrogen-bond acceptors (Lipinski definition) is 2. The summed E-state index contributed by atoms with van der Waals surface area (Å²) >= 11 is 4.43. The topological polar surface area (TPSA) is 3.24 Å². The van der Waals surface area contributed by atoms with Crippen LogP contribution in [-0.4, -0.2) is 17.6 Å². The van der Waals surface area contributed by atoms with E-state index in [0.29, 0.717) is 4.48 Å². The zero-order valence-electron chi connectivity index (χ0n) is 4.27. The quantitative estimate of drug-likeness (QED) is 0.433. The number of likely N-dealkylation sites (N-methyl/N-ethyl adjacent to an activating group) is 1. The number of halogens is 2. The van der Waals surface area contributed by atoms with Gasteiger partial charge in [0.05, 0.1) is 4.48 Å². The molecule has 0 saturated carbocycles. The molecule has 0 fully saturated rings. The molecule has 1 heterocycles. The van der Waals surface area contributed by atoms with Crippen LogP contribution >= 0.6 is 27.9 Å². The summed E-state index contributed by atoms with van der Waals surface area (Å²) < 4.78 is 14.6. The fraction of sp³-hybridized carbons (Fsp3) is 0.500. The van der Waals surface area contributed by atoms with Crippen molar-refractivity contribution in [2.24, 2.45) is 0 Å². The molecule has 1 nitrogen and oxygen atoms in total. The molecular formula is C4H5BrFNS. The highest BCUT2D eigenvalue weighted by Crippen LogP contribution is 2.32. The van der Waals surface area contributed by atoms with Crippen LogP contribution in [0.4, 0.5) is 4.39 Å². The van der Waals surface area contributed by atoms with Gasteiger partial charge in [-0.2, -0.15) is 0 Å². The van der Waals surface area contributed by atoms with E-state index < -0.39 is 6.30 Å². The van der Waals surface area contributed by atoms with Crippen LogP contribution in [0.1, 0.15) is 0 Å². The summed E-state index contributed by atoms with van der Waals surface area (Å²) in [4.78, 5) is 0. The second-order valence-electron chi connectivity index (χ2n) is 1.49. The highest BCUT2D eigenvalue weighted by Gasteiger charge is 2.21. The zero-order valence-corrected chi connectivity index (χ0v) is 6.67. The van der Waals surface area contributed by atoms with Crippen molar-refractivity contribution in [1.82, 2.24) is 4.31 Å². The summed E-state index contributed by atoms with van der Waals surface area (Å²) in [5.41, 5.74) is 0. The monoisotopic (exact) mass is 197 g/mol. The molecule has 0 N–H and O–H groups in total. The number of rotatable bonds is 0. The van der Waals surface area contributed by atoms with Crippen LogP contribution in [0.2, 0.25) is 0 Å². The Morgan fingerprint density at radius 2 is 2.62 bits per heavy atom. The molecule has 0 aliphatic carbocycles. The summed E-state index contributed by atoms with van der Waals surface area (Å²) in [5.74, 6) is 0. The molecule has 1 atom stereocenters. The summed E-state index contributed by atoms with van der Waals surface area (Å²) in [6, 6.07) is 0. The van der Waals surface area contributed by atoms with Crippen LogP contribution in [0.15, 0.2) is 9.89 Å². The highest BCUT2D eigenvalue weighted by molar-refractivity contribution is 9.11. The van der Waals surface area contributed by atoms with Gasteiger partial charge in [0.25, 0.3) is 0 Å². The van der Waals surface area contributed by atoms with Gasteiger partial charge in [-0.15, -0.1) is 0 Å². The van der Waals surface area contributed by atoms with Gasteiger partial charge in [0, 0.05) is 12.5 Å². The molecule has 0 saturated heterocycles. The van der Waals surface area contributed by atoms with Gasteiger partial charge >= 0.3 is 0 Å². The van der Waals surface area contributed by atoms with Crippen LogP contribution in [0.3, 0.4) is 0 Å². The number of nitrogens with zero attached hydrogens (tertiary/aromatic N) is 1. The second kappa shape index (κ2) is 2.37. The fourth-order valence-electron chi connectivity index (χ4n) is 0.417.